The molecule has 0 spiro atoms. The van der Waals surface area contributed by atoms with Crippen molar-refractivity contribution in [3.63, 3.8) is 0 Å². The Labute approximate surface area is 99.5 Å². The molecule has 0 heterocycles. The van der Waals surface area contributed by atoms with Crippen LogP contribution < -0.4 is 0 Å². The van der Waals surface area contributed by atoms with Gasteiger partial charge >= 0.3 is 5.97 Å². The summed E-state index contributed by atoms with van der Waals surface area (Å²) in [7, 11) is 0. The standard InChI is InChI=1S/C13H15FO3/c1-2-7-17-9-11-3-5-12(14)8-10(11)4-6-13(15)16/h3-6,8H,2,7,9H2,1H3,(H,15,16). The Morgan fingerprint density at radius 3 is 2.94 bits per heavy atom. The molecule has 92 valence electrons. The van der Waals surface area contributed by atoms with Crippen LogP contribution in [0.2, 0.25) is 0 Å². The first kappa shape index (κ1) is 13.4. The van der Waals surface area contributed by atoms with Gasteiger partial charge in [0.15, 0.2) is 0 Å². The van der Waals surface area contributed by atoms with E-state index in [9.17, 15) is 9.18 Å². The molecule has 1 aromatic carbocycles. The molecule has 0 aromatic heterocycles. The fourth-order valence-corrected chi connectivity index (χ4v) is 1.34. The zero-order chi connectivity index (χ0) is 12.7. The van der Waals surface area contributed by atoms with E-state index in [1.54, 1.807) is 6.07 Å². The Morgan fingerprint density at radius 1 is 1.53 bits per heavy atom. The highest BCUT2D eigenvalue weighted by Crippen LogP contribution is 2.14. The first-order valence-corrected chi connectivity index (χ1v) is 5.40. The van der Waals surface area contributed by atoms with Crippen molar-refractivity contribution in [2.75, 3.05) is 6.61 Å². The molecule has 0 unspecified atom stereocenters. The fraction of sp³-hybridized carbons (Fsp3) is 0.308. The highest BCUT2D eigenvalue weighted by Gasteiger charge is 2.02. The normalized spacial score (nSPS) is 10.9. The minimum atomic E-state index is -1.06. The number of carboxylic acid groups (broad SMARTS) is 1. The second-order valence-corrected chi connectivity index (χ2v) is 3.57. The predicted molar refractivity (Wildman–Crippen MR) is 63.0 cm³/mol. The van der Waals surface area contributed by atoms with E-state index in [0.29, 0.717) is 18.8 Å². The Kier molecular flexibility index (Phi) is 5.36. The van der Waals surface area contributed by atoms with E-state index < -0.39 is 11.8 Å². The average Bonchev–Trinajstić information content (AvgIpc) is 2.29. The van der Waals surface area contributed by atoms with Gasteiger partial charge in [-0.2, -0.15) is 0 Å². The van der Waals surface area contributed by atoms with Gasteiger partial charge in [-0.3, -0.25) is 0 Å². The second-order valence-electron chi connectivity index (χ2n) is 3.57. The van der Waals surface area contributed by atoms with Gasteiger partial charge in [-0.15, -0.1) is 0 Å². The number of aliphatic carboxylic acids is 1. The predicted octanol–water partition coefficient (Wildman–Crippen LogP) is 2.85. The molecule has 0 aliphatic heterocycles. The lowest BCUT2D eigenvalue weighted by Gasteiger charge is -2.06. The smallest absolute Gasteiger partial charge is 0.328 e. The third-order valence-electron chi connectivity index (χ3n) is 2.12. The maximum absolute atomic E-state index is 13.0. The zero-order valence-electron chi connectivity index (χ0n) is 9.65. The molecule has 0 saturated heterocycles. The summed E-state index contributed by atoms with van der Waals surface area (Å²) in [5.41, 5.74) is 1.31. The summed E-state index contributed by atoms with van der Waals surface area (Å²) in [5.74, 6) is -1.45. The summed E-state index contributed by atoms with van der Waals surface area (Å²) < 4.78 is 18.4. The first-order chi connectivity index (χ1) is 8.13. The van der Waals surface area contributed by atoms with Crippen LogP contribution in [0.1, 0.15) is 24.5 Å². The van der Waals surface area contributed by atoms with E-state index in [1.165, 1.54) is 18.2 Å². The Bertz CT molecular complexity index is 413. The van der Waals surface area contributed by atoms with Crippen molar-refractivity contribution in [2.24, 2.45) is 0 Å². The van der Waals surface area contributed by atoms with E-state index in [1.807, 2.05) is 6.92 Å². The molecule has 1 rings (SSSR count). The van der Waals surface area contributed by atoms with Gasteiger partial charge in [0.1, 0.15) is 5.82 Å². The molecule has 0 fully saturated rings. The molecule has 0 atom stereocenters. The monoisotopic (exact) mass is 238 g/mol. The van der Waals surface area contributed by atoms with Gasteiger partial charge in [0.2, 0.25) is 0 Å². The number of ether oxygens (including phenoxy) is 1. The average molecular weight is 238 g/mol. The lowest BCUT2D eigenvalue weighted by atomic mass is 10.1. The number of carbonyl (C=O) groups is 1. The van der Waals surface area contributed by atoms with E-state index >= 15 is 0 Å². The minimum absolute atomic E-state index is 0.355. The highest BCUT2D eigenvalue weighted by atomic mass is 19.1. The molecule has 1 N–H and O–H groups in total. The Balaban J connectivity index is 2.83. The van der Waals surface area contributed by atoms with Crippen molar-refractivity contribution in [3.8, 4) is 0 Å². The van der Waals surface area contributed by atoms with Crippen LogP contribution in [0.5, 0.6) is 0 Å². The summed E-state index contributed by atoms with van der Waals surface area (Å²) in [5, 5.41) is 8.54. The SMILES string of the molecule is CCCOCc1ccc(F)cc1C=CC(=O)O. The summed E-state index contributed by atoms with van der Waals surface area (Å²) >= 11 is 0. The molecule has 0 radical (unpaired) electrons. The van der Waals surface area contributed by atoms with E-state index in [2.05, 4.69) is 0 Å². The van der Waals surface area contributed by atoms with Crippen LogP contribution in [0.3, 0.4) is 0 Å². The van der Waals surface area contributed by atoms with Crippen LogP contribution in [0.15, 0.2) is 24.3 Å². The van der Waals surface area contributed by atoms with Crippen molar-refractivity contribution in [1.82, 2.24) is 0 Å². The Morgan fingerprint density at radius 2 is 2.29 bits per heavy atom. The molecular weight excluding hydrogens is 223 g/mol. The fourth-order valence-electron chi connectivity index (χ4n) is 1.34. The molecular formula is C13H15FO3. The summed E-state index contributed by atoms with van der Waals surface area (Å²) in [6, 6.07) is 4.24. The molecule has 17 heavy (non-hydrogen) atoms. The zero-order valence-corrected chi connectivity index (χ0v) is 9.65. The maximum atomic E-state index is 13.0. The summed E-state index contributed by atoms with van der Waals surface area (Å²) in [4.78, 5) is 10.4. The van der Waals surface area contributed by atoms with Gasteiger partial charge in [0.25, 0.3) is 0 Å². The van der Waals surface area contributed by atoms with Crippen LogP contribution in [-0.4, -0.2) is 17.7 Å². The van der Waals surface area contributed by atoms with Gasteiger partial charge in [0, 0.05) is 12.7 Å². The lowest BCUT2D eigenvalue weighted by molar-refractivity contribution is -0.131. The second kappa shape index (κ2) is 6.81. The van der Waals surface area contributed by atoms with Crippen LogP contribution >= 0.6 is 0 Å². The van der Waals surface area contributed by atoms with Crippen LogP contribution in [0, 0.1) is 5.82 Å². The number of hydrogen-bond donors (Lipinski definition) is 1. The van der Waals surface area contributed by atoms with E-state index in [-0.39, 0.29) is 0 Å². The number of carboxylic acids is 1. The molecule has 0 aliphatic rings. The minimum Gasteiger partial charge on any atom is -0.478 e. The highest BCUT2D eigenvalue weighted by molar-refractivity contribution is 5.85. The van der Waals surface area contributed by atoms with Crippen molar-refractivity contribution in [2.45, 2.75) is 20.0 Å². The number of halogens is 1. The number of rotatable bonds is 6. The third kappa shape index (κ3) is 4.78. The van der Waals surface area contributed by atoms with Gasteiger partial charge in [0.05, 0.1) is 6.61 Å². The summed E-state index contributed by atoms with van der Waals surface area (Å²) in [6.07, 6.45) is 3.26. The summed E-state index contributed by atoms with van der Waals surface area (Å²) in [6.45, 7) is 2.97. The third-order valence-corrected chi connectivity index (χ3v) is 2.12. The van der Waals surface area contributed by atoms with Gasteiger partial charge < -0.3 is 9.84 Å². The molecule has 0 saturated carbocycles. The van der Waals surface area contributed by atoms with Crippen molar-refractivity contribution in [3.05, 3.63) is 41.2 Å². The first-order valence-electron chi connectivity index (χ1n) is 5.40. The van der Waals surface area contributed by atoms with Crippen LogP contribution in [-0.2, 0) is 16.1 Å². The molecule has 0 bridgehead atoms. The quantitative estimate of drug-likeness (QED) is 0.612. The Hall–Kier alpha value is -1.68. The van der Waals surface area contributed by atoms with Gasteiger partial charge in [-0.1, -0.05) is 13.0 Å². The topological polar surface area (TPSA) is 46.5 Å². The van der Waals surface area contributed by atoms with Crippen LogP contribution in [0.25, 0.3) is 6.08 Å². The van der Waals surface area contributed by atoms with E-state index in [0.717, 1.165) is 18.1 Å². The maximum Gasteiger partial charge on any atom is 0.328 e. The largest absolute Gasteiger partial charge is 0.478 e. The molecule has 0 amide bonds. The van der Waals surface area contributed by atoms with Gasteiger partial charge in [-0.25, -0.2) is 9.18 Å². The number of hydrogen-bond acceptors (Lipinski definition) is 2. The number of benzene rings is 1. The van der Waals surface area contributed by atoms with Crippen LogP contribution in [0.4, 0.5) is 4.39 Å². The molecule has 1 aromatic rings. The van der Waals surface area contributed by atoms with Crippen molar-refractivity contribution in [1.29, 1.82) is 0 Å². The lowest BCUT2D eigenvalue weighted by Crippen LogP contribution is -1.97. The van der Waals surface area contributed by atoms with Gasteiger partial charge in [-0.05, 0) is 35.8 Å². The van der Waals surface area contributed by atoms with E-state index in [4.69, 9.17) is 9.84 Å². The molecule has 0 aliphatic carbocycles. The van der Waals surface area contributed by atoms with Crippen molar-refractivity contribution < 1.29 is 19.0 Å². The molecule has 4 heteroatoms. The van der Waals surface area contributed by atoms with Crippen molar-refractivity contribution >= 4 is 12.0 Å². The molecule has 3 nitrogen and oxygen atoms in total.